The van der Waals surface area contributed by atoms with Crippen LogP contribution in [0.15, 0.2) is 12.4 Å². The number of rotatable bonds is 7. The van der Waals surface area contributed by atoms with Gasteiger partial charge in [0, 0.05) is 28.8 Å². The van der Waals surface area contributed by atoms with E-state index in [1.807, 2.05) is 16.0 Å². The molecular weight excluding hydrogens is 268 g/mol. The molecule has 0 radical (unpaired) electrons. The minimum atomic E-state index is 0.331. The highest BCUT2D eigenvalue weighted by atomic mass is 32.1. The fraction of sp³-hybridized carbons (Fsp3) is 0.600. The average Bonchev–Trinajstić information content (AvgIpc) is 2.98. The van der Waals surface area contributed by atoms with Gasteiger partial charge in [-0.05, 0) is 38.4 Å². The Kier molecular flexibility index (Phi) is 5.31. The fourth-order valence-corrected chi connectivity index (χ4v) is 3.44. The van der Waals surface area contributed by atoms with Gasteiger partial charge in [-0.15, -0.1) is 11.3 Å². The predicted octanol–water partition coefficient (Wildman–Crippen LogP) is 3.26. The molecule has 0 saturated carbocycles. The second kappa shape index (κ2) is 6.99. The molecule has 0 spiro atoms. The molecular formula is C15H24N4S. The van der Waals surface area contributed by atoms with Crippen molar-refractivity contribution in [1.29, 1.82) is 0 Å². The number of aromatic nitrogens is 3. The zero-order valence-electron chi connectivity index (χ0n) is 12.8. The smallest absolute Gasteiger partial charge is 0.138 e. The van der Waals surface area contributed by atoms with E-state index in [1.54, 1.807) is 6.33 Å². The Morgan fingerprint density at radius 1 is 1.35 bits per heavy atom. The van der Waals surface area contributed by atoms with Gasteiger partial charge in [0.1, 0.15) is 12.2 Å². The van der Waals surface area contributed by atoms with Crippen molar-refractivity contribution in [3.8, 4) is 0 Å². The van der Waals surface area contributed by atoms with Crippen LogP contribution in [-0.4, -0.2) is 21.3 Å². The summed E-state index contributed by atoms with van der Waals surface area (Å²) < 4.78 is 2.03. The van der Waals surface area contributed by atoms with Crippen LogP contribution in [0, 0.1) is 13.8 Å². The molecule has 2 aromatic heterocycles. The van der Waals surface area contributed by atoms with Crippen LogP contribution < -0.4 is 5.32 Å². The van der Waals surface area contributed by atoms with Crippen molar-refractivity contribution in [2.45, 2.75) is 53.1 Å². The Morgan fingerprint density at radius 3 is 2.75 bits per heavy atom. The summed E-state index contributed by atoms with van der Waals surface area (Å²) in [5, 5.41) is 7.89. The largest absolute Gasteiger partial charge is 0.309 e. The highest BCUT2D eigenvalue weighted by molar-refractivity contribution is 7.12. The predicted molar refractivity (Wildman–Crippen MR) is 84.2 cm³/mol. The molecule has 0 aliphatic heterocycles. The van der Waals surface area contributed by atoms with Crippen molar-refractivity contribution in [2.24, 2.45) is 0 Å². The molecule has 2 aromatic rings. The minimum absolute atomic E-state index is 0.331. The monoisotopic (exact) mass is 292 g/mol. The maximum atomic E-state index is 4.43. The first kappa shape index (κ1) is 15.2. The minimum Gasteiger partial charge on any atom is -0.309 e. The Balaban J connectivity index is 2.18. The molecule has 0 aromatic carbocycles. The summed E-state index contributed by atoms with van der Waals surface area (Å²) in [5.41, 5.74) is 1.38. The fourth-order valence-electron chi connectivity index (χ4n) is 2.32. The Hall–Kier alpha value is -1.20. The molecule has 0 saturated heterocycles. The lowest BCUT2D eigenvalue weighted by atomic mass is 10.1. The number of hydrogen-bond acceptors (Lipinski definition) is 4. The molecule has 0 fully saturated rings. The zero-order chi connectivity index (χ0) is 14.5. The van der Waals surface area contributed by atoms with Crippen molar-refractivity contribution < 1.29 is 0 Å². The van der Waals surface area contributed by atoms with Gasteiger partial charge in [-0.1, -0.05) is 13.8 Å². The number of hydrogen-bond donors (Lipinski definition) is 1. The Morgan fingerprint density at radius 2 is 2.15 bits per heavy atom. The van der Waals surface area contributed by atoms with Crippen LogP contribution in [-0.2, 0) is 13.0 Å². The van der Waals surface area contributed by atoms with E-state index in [1.165, 1.54) is 15.3 Å². The molecule has 4 nitrogen and oxygen atoms in total. The van der Waals surface area contributed by atoms with E-state index < -0.39 is 0 Å². The van der Waals surface area contributed by atoms with Gasteiger partial charge < -0.3 is 5.32 Å². The van der Waals surface area contributed by atoms with Crippen LogP contribution in [0.25, 0.3) is 0 Å². The molecule has 2 heterocycles. The molecule has 0 aliphatic rings. The van der Waals surface area contributed by atoms with Gasteiger partial charge in [-0.2, -0.15) is 5.10 Å². The van der Waals surface area contributed by atoms with Gasteiger partial charge in [-0.3, -0.25) is 4.68 Å². The second-order valence-electron chi connectivity index (χ2n) is 5.10. The summed E-state index contributed by atoms with van der Waals surface area (Å²) in [6, 6.07) is 2.63. The number of nitrogens with zero attached hydrogens (tertiary/aromatic N) is 3. The molecule has 1 atom stereocenters. The van der Waals surface area contributed by atoms with Gasteiger partial charge >= 0.3 is 0 Å². The van der Waals surface area contributed by atoms with Crippen LogP contribution in [0.3, 0.4) is 0 Å². The van der Waals surface area contributed by atoms with Crippen LogP contribution in [0.2, 0.25) is 0 Å². The average molecular weight is 292 g/mol. The normalized spacial score (nSPS) is 12.8. The first-order valence-corrected chi connectivity index (χ1v) is 8.14. The molecule has 1 N–H and O–H groups in total. The summed E-state index contributed by atoms with van der Waals surface area (Å²) in [5.74, 6) is 1.07. The third kappa shape index (κ3) is 3.46. The summed E-state index contributed by atoms with van der Waals surface area (Å²) in [4.78, 5) is 7.23. The standard InChI is InChI=1S/C15H24N4S/c1-5-7-19-15(17-10-18-19)9-13(16-6-2)14-8-11(3)12(4)20-14/h8,10,13,16H,5-7,9H2,1-4H3. The Labute approximate surface area is 125 Å². The van der Waals surface area contributed by atoms with E-state index in [2.05, 4.69) is 49.2 Å². The van der Waals surface area contributed by atoms with Crippen molar-refractivity contribution in [2.75, 3.05) is 6.54 Å². The number of nitrogens with one attached hydrogen (secondary N) is 1. The highest BCUT2D eigenvalue weighted by Crippen LogP contribution is 2.28. The number of thiophene rings is 1. The SMILES string of the molecule is CCCn1ncnc1CC(NCC)c1cc(C)c(C)s1. The van der Waals surface area contributed by atoms with Crippen molar-refractivity contribution >= 4 is 11.3 Å². The van der Waals surface area contributed by atoms with Gasteiger partial charge in [-0.25, -0.2) is 4.98 Å². The Bertz CT molecular complexity index is 524. The third-order valence-corrected chi connectivity index (χ3v) is 4.76. The molecule has 0 amide bonds. The van der Waals surface area contributed by atoms with Crippen LogP contribution in [0.4, 0.5) is 0 Å². The highest BCUT2D eigenvalue weighted by Gasteiger charge is 2.17. The van der Waals surface area contributed by atoms with E-state index in [0.717, 1.165) is 31.8 Å². The lowest BCUT2D eigenvalue weighted by Gasteiger charge is -2.16. The first-order valence-electron chi connectivity index (χ1n) is 7.32. The maximum Gasteiger partial charge on any atom is 0.138 e. The van der Waals surface area contributed by atoms with Crippen LogP contribution >= 0.6 is 11.3 Å². The van der Waals surface area contributed by atoms with Crippen LogP contribution in [0.1, 0.15) is 47.5 Å². The molecule has 20 heavy (non-hydrogen) atoms. The molecule has 110 valence electrons. The first-order chi connectivity index (χ1) is 9.65. The van der Waals surface area contributed by atoms with Crippen LogP contribution in [0.5, 0.6) is 0 Å². The topological polar surface area (TPSA) is 42.7 Å². The summed E-state index contributed by atoms with van der Waals surface area (Å²) in [7, 11) is 0. The second-order valence-corrected chi connectivity index (χ2v) is 6.39. The number of likely N-dealkylation sites (N-methyl/N-ethyl adjacent to an activating group) is 1. The van der Waals surface area contributed by atoms with E-state index in [4.69, 9.17) is 0 Å². The van der Waals surface area contributed by atoms with Crippen molar-refractivity contribution in [1.82, 2.24) is 20.1 Å². The summed E-state index contributed by atoms with van der Waals surface area (Å²) in [6.45, 7) is 10.6. The summed E-state index contributed by atoms with van der Waals surface area (Å²) in [6.07, 6.45) is 3.64. The van der Waals surface area contributed by atoms with Gasteiger partial charge in [0.2, 0.25) is 0 Å². The van der Waals surface area contributed by atoms with E-state index in [-0.39, 0.29) is 0 Å². The van der Waals surface area contributed by atoms with Gasteiger partial charge in [0.15, 0.2) is 0 Å². The summed E-state index contributed by atoms with van der Waals surface area (Å²) >= 11 is 1.88. The van der Waals surface area contributed by atoms with Crippen molar-refractivity contribution in [3.63, 3.8) is 0 Å². The van der Waals surface area contributed by atoms with E-state index in [0.29, 0.717) is 6.04 Å². The molecule has 1 unspecified atom stereocenters. The third-order valence-electron chi connectivity index (χ3n) is 3.50. The number of aryl methyl sites for hydroxylation is 3. The van der Waals surface area contributed by atoms with Crippen molar-refractivity contribution in [3.05, 3.63) is 33.5 Å². The zero-order valence-corrected chi connectivity index (χ0v) is 13.6. The lowest BCUT2D eigenvalue weighted by molar-refractivity contribution is 0.503. The quantitative estimate of drug-likeness (QED) is 0.852. The van der Waals surface area contributed by atoms with Gasteiger partial charge in [0.05, 0.1) is 0 Å². The van der Waals surface area contributed by atoms with Gasteiger partial charge in [0.25, 0.3) is 0 Å². The molecule has 2 rings (SSSR count). The molecule has 5 heteroatoms. The van der Waals surface area contributed by atoms with E-state index >= 15 is 0 Å². The molecule has 0 bridgehead atoms. The van der Waals surface area contributed by atoms with E-state index in [9.17, 15) is 0 Å². The molecule has 0 aliphatic carbocycles. The lowest BCUT2D eigenvalue weighted by Crippen LogP contribution is -2.23. The maximum absolute atomic E-state index is 4.43.